The van der Waals surface area contributed by atoms with E-state index in [2.05, 4.69) is 18.8 Å². The van der Waals surface area contributed by atoms with Crippen molar-refractivity contribution in [3.8, 4) is 0 Å². The molecule has 0 N–H and O–H groups in total. The van der Waals surface area contributed by atoms with Crippen molar-refractivity contribution in [2.75, 3.05) is 6.54 Å². The Labute approximate surface area is 65.6 Å². The van der Waals surface area contributed by atoms with Gasteiger partial charge in [0.15, 0.2) is 0 Å². The maximum atomic E-state index is 3.96. The Hall–Kier alpha value is -0.330. The van der Waals surface area contributed by atoms with E-state index in [1.54, 1.807) is 0 Å². The van der Waals surface area contributed by atoms with Gasteiger partial charge in [-0.1, -0.05) is 34.1 Å². The first-order valence-corrected chi connectivity index (χ1v) is 4.40. The van der Waals surface area contributed by atoms with Crippen LogP contribution in [0.5, 0.6) is 0 Å². The summed E-state index contributed by atoms with van der Waals surface area (Å²) in [5.74, 6) is 0. The summed E-state index contributed by atoms with van der Waals surface area (Å²) in [6, 6.07) is 0. The van der Waals surface area contributed by atoms with Gasteiger partial charge in [0.1, 0.15) is 0 Å². The molecule has 1 aliphatic rings. The Balaban J connectivity index is 0. The van der Waals surface area contributed by atoms with E-state index in [1.807, 2.05) is 20.1 Å². The van der Waals surface area contributed by atoms with Gasteiger partial charge in [0, 0.05) is 6.54 Å². The van der Waals surface area contributed by atoms with Gasteiger partial charge in [-0.3, -0.25) is 4.99 Å². The molecule has 1 aliphatic heterocycles. The topological polar surface area (TPSA) is 12.4 Å². The number of rotatable bonds is 0. The van der Waals surface area contributed by atoms with Crippen LogP contribution in [0.2, 0.25) is 0 Å². The van der Waals surface area contributed by atoms with Crippen molar-refractivity contribution in [2.45, 2.75) is 47.0 Å². The number of hydrogen-bond donors (Lipinski definition) is 0. The maximum Gasteiger partial charge on any atom is 0.0388 e. The van der Waals surface area contributed by atoms with Crippen molar-refractivity contribution in [3.05, 3.63) is 0 Å². The van der Waals surface area contributed by atoms with Crippen LogP contribution in [-0.4, -0.2) is 12.8 Å². The quantitative estimate of drug-likeness (QED) is 0.493. The molecule has 0 unspecified atom stereocenters. The van der Waals surface area contributed by atoms with Crippen LogP contribution in [0.25, 0.3) is 0 Å². The average molecular weight is 143 g/mol. The maximum absolute atomic E-state index is 3.96. The van der Waals surface area contributed by atoms with Crippen LogP contribution >= 0.6 is 0 Å². The molecule has 1 nitrogen and oxygen atoms in total. The number of nitrogens with zero attached hydrogens (tertiary/aromatic N) is 1. The molecule has 0 radical (unpaired) electrons. The smallest absolute Gasteiger partial charge is 0.0388 e. The minimum atomic E-state index is 1.07. The molecule has 0 aliphatic carbocycles. The van der Waals surface area contributed by atoms with E-state index in [1.165, 1.54) is 19.3 Å². The van der Waals surface area contributed by atoms with Gasteiger partial charge in [-0.2, -0.15) is 0 Å². The molecule has 1 rings (SSSR count). The van der Waals surface area contributed by atoms with Crippen molar-refractivity contribution in [1.82, 2.24) is 0 Å². The third-order valence-electron chi connectivity index (χ3n) is 0.750. The van der Waals surface area contributed by atoms with Crippen LogP contribution in [0.1, 0.15) is 47.0 Å². The van der Waals surface area contributed by atoms with Gasteiger partial charge < -0.3 is 0 Å². The van der Waals surface area contributed by atoms with Crippen LogP contribution in [0, 0.1) is 0 Å². The van der Waals surface area contributed by atoms with E-state index in [9.17, 15) is 0 Å². The minimum absolute atomic E-state index is 1.07. The molecule has 1 heterocycles. The molecule has 62 valence electrons. The van der Waals surface area contributed by atoms with E-state index in [0.29, 0.717) is 0 Å². The Morgan fingerprint density at radius 1 is 1.30 bits per heavy atom. The van der Waals surface area contributed by atoms with Gasteiger partial charge in [0.2, 0.25) is 0 Å². The van der Waals surface area contributed by atoms with Crippen molar-refractivity contribution in [1.29, 1.82) is 0 Å². The monoisotopic (exact) mass is 143 g/mol. The molecular weight excluding hydrogens is 122 g/mol. The molecule has 0 atom stereocenters. The van der Waals surface area contributed by atoms with E-state index in [4.69, 9.17) is 0 Å². The largest absolute Gasteiger partial charge is 0.298 e. The molecule has 0 bridgehead atoms. The lowest BCUT2D eigenvalue weighted by Gasteiger charge is -1.67. The molecule has 1 heteroatoms. The summed E-state index contributed by atoms with van der Waals surface area (Å²) >= 11 is 0. The highest BCUT2D eigenvalue weighted by Gasteiger charge is 1.85. The molecule has 0 fully saturated rings. The Morgan fingerprint density at radius 3 is 1.90 bits per heavy atom. The predicted octanol–water partition coefficient (Wildman–Crippen LogP) is 3.29. The molecule has 0 spiro atoms. The first-order chi connectivity index (χ1) is 4.91. The van der Waals surface area contributed by atoms with Gasteiger partial charge in [0.25, 0.3) is 0 Å². The van der Waals surface area contributed by atoms with E-state index >= 15 is 0 Å². The number of hydrogen-bond acceptors (Lipinski definition) is 1. The highest BCUT2D eigenvalue weighted by Crippen LogP contribution is 1.92. The highest BCUT2D eigenvalue weighted by atomic mass is 14.7. The van der Waals surface area contributed by atoms with Crippen LogP contribution in [0.15, 0.2) is 4.99 Å². The number of aliphatic imine (C=N–C) groups is 1. The average Bonchev–Trinajstić information content (AvgIpc) is 2.48. The van der Waals surface area contributed by atoms with Crippen LogP contribution in [0.4, 0.5) is 0 Å². The molecular formula is C9H21N. The van der Waals surface area contributed by atoms with Crippen LogP contribution < -0.4 is 0 Å². The normalized spacial score (nSPS) is 12.8. The summed E-state index contributed by atoms with van der Waals surface area (Å²) in [7, 11) is 0. The summed E-state index contributed by atoms with van der Waals surface area (Å²) in [4.78, 5) is 3.96. The fourth-order valence-corrected chi connectivity index (χ4v) is 0.456. The summed E-state index contributed by atoms with van der Waals surface area (Å²) in [6.45, 7) is 9.32. The summed E-state index contributed by atoms with van der Waals surface area (Å²) in [5.41, 5.74) is 0. The van der Waals surface area contributed by atoms with E-state index in [-0.39, 0.29) is 0 Å². The van der Waals surface area contributed by atoms with Gasteiger partial charge >= 0.3 is 0 Å². The zero-order valence-corrected chi connectivity index (χ0v) is 7.85. The van der Waals surface area contributed by atoms with Gasteiger partial charge in [-0.05, 0) is 19.1 Å². The molecule has 0 saturated carbocycles. The lowest BCUT2D eigenvalue weighted by atomic mass is 10.4. The molecule has 0 saturated heterocycles. The zero-order valence-electron chi connectivity index (χ0n) is 7.85. The molecule has 10 heavy (non-hydrogen) atoms. The zero-order chi connectivity index (χ0) is 8.24. The molecule has 0 aromatic carbocycles. The Morgan fingerprint density at radius 2 is 1.80 bits per heavy atom. The van der Waals surface area contributed by atoms with Crippen molar-refractivity contribution >= 4 is 6.21 Å². The Kier molecular flexibility index (Phi) is 19.6. The lowest BCUT2D eigenvalue weighted by Crippen LogP contribution is -1.62. The van der Waals surface area contributed by atoms with E-state index < -0.39 is 0 Å². The second kappa shape index (κ2) is 15.9. The second-order valence-corrected chi connectivity index (χ2v) is 1.94. The van der Waals surface area contributed by atoms with Crippen molar-refractivity contribution in [2.24, 2.45) is 4.99 Å². The van der Waals surface area contributed by atoms with Gasteiger partial charge in [0.05, 0.1) is 0 Å². The molecule has 0 aromatic heterocycles. The second-order valence-electron chi connectivity index (χ2n) is 1.94. The highest BCUT2D eigenvalue weighted by molar-refractivity contribution is 5.58. The Bertz CT molecular complexity index is 51.7. The lowest BCUT2D eigenvalue weighted by molar-refractivity contribution is 0.952. The molecule has 0 amide bonds. The third kappa shape index (κ3) is 15.6. The summed E-state index contributed by atoms with van der Waals surface area (Å²) in [5, 5.41) is 0. The summed E-state index contributed by atoms with van der Waals surface area (Å²) in [6.07, 6.45) is 5.72. The van der Waals surface area contributed by atoms with Crippen LogP contribution in [0.3, 0.4) is 0 Å². The standard InChI is InChI=1S/C4H7N.C3H8.C2H6/c1-2-4-5-3-1;1-3-2;1-2/h3H,1-2,4H2;3H2,1-2H3;1-2H3. The fraction of sp³-hybridized carbons (Fsp3) is 0.889. The SMILES string of the molecule is C1=NCCC1.CC.CCC. The van der Waals surface area contributed by atoms with Crippen LogP contribution in [-0.2, 0) is 0 Å². The van der Waals surface area contributed by atoms with E-state index in [0.717, 1.165) is 6.54 Å². The minimum Gasteiger partial charge on any atom is -0.298 e. The van der Waals surface area contributed by atoms with Crippen molar-refractivity contribution < 1.29 is 0 Å². The van der Waals surface area contributed by atoms with Gasteiger partial charge in [-0.15, -0.1) is 0 Å². The van der Waals surface area contributed by atoms with Gasteiger partial charge in [-0.25, -0.2) is 0 Å². The predicted molar refractivity (Wildman–Crippen MR) is 49.9 cm³/mol. The first kappa shape index (κ1) is 12.4. The first-order valence-electron chi connectivity index (χ1n) is 4.40. The third-order valence-corrected chi connectivity index (χ3v) is 0.750. The van der Waals surface area contributed by atoms with Crippen molar-refractivity contribution in [3.63, 3.8) is 0 Å². The fourth-order valence-electron chi connectivity index (χ4n) is 0.456. The summed E-state index contributed by atoms with van der Waals surface area (Å²) < 4.78 is 0. The molecule has 0 aromatic rings.